The fourth-order valence-corrected chi connectivity index (χ4v) is 1.41. The van der Waals surface area contributed by atoms with Crippen molar-refractivity contribution in [2.24, 2.45) is 5.92 Å². The Kier molecular flexibility index (Phi) is 9.06. The third-order valence-corrected chi connectivity index (χ3v) is 2.10. The summed E-state index contributed by atoms with van der Waals surface area (Å²) in [7, 11) is 0. The van der Waals surface area contributed by atoms with Crippen molar-refractivity contribution in [3.63, 3.8) is 0 Å². The summed E-state index contributed by atoms with van der Waals surface area (Å²) in [6, 6.07) is 0. The Labute approximate surface area is 99.5 Å². The molecule has 0 bridgehead atoms. The van der Waals surface area contributed by atoms with Gasteiger partial charge in [0.2, 0.25) is 0 Å². The molecule has 0 atom stereocenters. The van der Waals surface area contributed by atoms with Crippen LogP contribution in [0.3, 0.4) is 0 Å². The molecule has 0 amide bonds. The van der Waals surface area contributed by atoms with Crippen LogP contribution < -0.4 is 0 Å². The second-order valence-electron chi connectivity index (χ2n) is 4.69. The van der Waals surface area contributed by atoms with Crippen molar-refractivity contribution in [2.75, 3.05) is 6.61 Å². The molecule has 1 rings (SSSR count). The Balaban J connectivity index is 0.000000673. The number of carbonyl (C=O) groups excluding carboxylic acids is 1. The van der Waals surface area contributed by atoms with Gasteiger partial charge in [0, 0.05) is 0 Å². The first-order chi connectivity index (χ1) is 7.60. The van der Waals surface area contributed by atoms with Gasteiger partial charge in [0.1, 0.15) is 6.10 Å². The first-order valence-electron chi connectivity index (χ1n) is 6.43. The van der Waals surface area contributed by atoms with Gasteiger partial charge in [0.15, 0.2) is 0 Å². The highest BCUT2D eigenvalue weighted by Crippen LogP contribution is 2.21. The lowest BCUT2D eigenvalue weighted by Crippen LogP contribution is -2.17. The minimum atomic E-state index is -0.499. The first kappa shape index (κ1) is 15.3. The van der Waals surface area contributed by atoms with E-state index in [1.165, 1.54) is 19.3 Å². The van der Waals surface area contributed by atoms with Gasteiger partial charge in [-0.2, -0.15) is 0 Å². The predicted octanol–water partition coefficient (Wildman–Crippen LogP) is 4.15. The number of rotatable bonds is 3. The Morgan fingerprint density at radius 1 is 1.25 bits per heavy atom. The van der Waals surface area contributed by atoms with Crippen molar-refractivity contribution in [2.45, 2.75) is 65.9 Å². The number of hydrogen-bond acceptors (Lipinski definition) is 3. The molecule has 0 aromatic rings. The molecule has 0 aromatic carbocycles. The van der Waals surface area contributed by atoms with E-state index in [1.54, 1.807) is 0 Å². The van der Waals surface area contributed by atoms with Crippen LogP contribution in [-0.2, 0) is 9.47 Å². The number of hydrogen-bond donors (Lipinski definition) is 0. The van der Waals surface area contributed by atoms with E-state index in [2.05, 4.69) is 13.8 Å². The van der Waals surface area contributed by atoms with Crippen molar-refractivity contribution in [1.82, 2.24) is 0 Å². The van der Waals surface area contributed by atoms with Crippen LogP contribution in [-0.4, -0.2) is 18.9 Å². The first-order valence-corrected chi connectivity index (χ1v) is 6.43. The van der Waals surface area contributed by atoms with Crippen molar-refractivity contribution >= 4 is 6.16 Å². The lowest BCUT2D eigenvalue weighted by Gasteiger charge is -2.12. The SMILES string of the molecule is CC(C)COC(=O)OC1CCCC1.CCC. The lowest BCUT2D eigenvalue weighted by atomic mass is 10.2. The van der Waals surface area contributed by atoms with Crippen LogP contribution >= 0.6 is 0 Å². The van der Waals surface area contributed by atoms with E-state index in [1.807, 2.05) is 13.8 Å². The summed E-state index contributed by atoms with van der Waals surface area (Å²) in [5.74, 6) is 0.371. The molecule has 1 aliphatic carbocycles. The number of ether oxygens (including phenoxy) is 2. The van der Waals surface area contributed by atoms with Crippen LogP contribution in [0, 0.1) is 5.92 Å². The summed E-state index contributed by atoms with van der Waals surface area (Å²) < 4.78 is 10.0. The third-order valence-electron chi connectivity index (χ3n) is 2.10. The van der Waals surface area contributed by atoms with Crippen LogP contribution in [0.25, 0.3) is 0 Å². The molecule has 0 heterocycles. The summed E-state index contributed by atoms with van der Waals surface area (Å²) >= 11 is 0. The van der Waals surface area contributed by atoms with Gasteiger partial charge in [-0.1, -0.05) is 34.1 Å². The van der Waals surface area contributed by atoms with E-state index < -0.39 is 6.16 Å². The van der Waals surface area contributed by atoms with E-state index in [9.17, 15) is 4.79 Å². The predicted molar refractivity (Wildman–Crippen MR) is 65.5 cm³/mol. The Morgan fingerprint density at radius 2 is 1.75 bits per heavy atom. The van der Waals surface area contributed by atoms with E-state index in [0.717, 1.165) is 12.8 Å². The van der Waals surface area contributed by atoms with Crippen LogP contribution in [0.5, 0.6) is 0 Å². The monoisotopic (exact) mass is 230 g/mol. The van der Waals surface area contributed by atoms with Crippen LogP contribution in [0.4, 0.5) is 4.79 Å². The minimum Gasteiger partial charge on any atom is -0.434 e. The zero-order valence-electron chi connectivity index (χ0n) is 11.1. The summed E-state index contributed by atoms with van der Waals surface area (Å²) in [6.45, 7) is 8.71. The smallest absolute Gasteiger partial charge is 0.434 e. The molecule has 1 aliphatic rings. The molecular weight excluding hydrogens is 204 g/mol. The molecule has 1 fully saturated rings. The second-order valence-corrected chi connectivity index (χ2v) is 4.69. The van der Waals surface area contributed by atoms with Gasteiger partial charge in [0.05, 0.1) is 6.61 Å². The molecule has 0 spiro atoms. The average molecular weight is 230 g/mol. The van der Waals surface area contributed by atoms with Gasteiger partial charge < -0.3 is 9.47 Å². The van der Waals surface area contributed by atoms with E-state index >= 15 is 0 Å². The van der Waals surface area contributed by atoms with Gasteiger partial charge in [0.25, 0.3) is 0 Å². The van der Waals surface area contributed by atoms with Crippen molar-refractivity contribution in [3.05, 3.63) is 0 Å². The maximum atomic E-state index is 11.1. The van der Waals surface area contributed by atoms with E-state index in [0.29, 0.717) is 12.5 Å². The summed E-state index contributed by atoms with van der Waals surface area (Å²) in [5.41, 5.74) is 0. The molecule has 0 saturated heterocycles. The maximum Gasteiger partial charge on any atom is 0.508 e. The van der Waals surface area contributed by atoms with Crippen LogP contribution in [0.15, 0.2) is 0 Å². The highest BCUT2D eigenvalue weighted by molar-refractivity contribution is 5.60. The van der Waals surface area contributed by atoms with Crippen LogP contribution in [0.1, 0.15) is 59.8 Å². The molecule has 3 heteroatoms. The molecule has 96 valence electrons. The minimum absolute atomic E-state index is 0.111. The van der Waals surface area contributed by atoms with Crippen molar-refractivity contribution in [3.8, 4) is 0 Å². The average Bonchev–Trinajstić information content (AvgIpc) is 2.68. The zero-order chi connectivity index (χ0) is 12.4. The molecule has 0 unspecified atom stereocenters. The second kappa shape index (κ2) is 9.49. The van der Waals surface area contributed by atoms with Gasteiger partial charge in [-0.15, -0.1) is 0 Å². The fourth-order valence-electron chi connectivity index (χ4n) is 1.41. The Bertz CT molecular complexity index is 172. The fraction of sp³-hybridized carbons (Fsp3) is 0.923. The molecule has 0 radical (unpaired) electrons. The molecule has 1 saturated carbocycles. The Hall–Kier alpha value is -0.730. The third kappa shape index (κ3) is 8.57. The molecule has 3 nitrogen and oxygen atoms in total. The topological polar surface area (TPSA) is 35.5 Å². The molecule has 0 aliphatic heterocycles. The Morgan fingerprint density at radius 3 is 2.19 bits per heavy atom. The van der Waals surface area contributed by atoms with E-state index in [4.69, 9.17) is 9.47 Å². The standard InChI is InChI=1S/C10H18O3.C3H8/c1-8(2)7-12-10(11)13-9-5-3-4-6-9;1-3-2/h8-9H,3-7H2,1-2H3;3H2,1-2H3. The quantitative estimate of drug-likeness (QED) is 0.683. The van der Waals surface area contributed by atoms with Crippen molar-refractivity contribution in [1.29, 1.82) is 0 Å². The zero-order valence-corrected chi connectivity index (χ0v) is 11.1. The van der Waals surface area contributed by atoms with E-state index in [-0.39, 0.29) is 6.10 Å². The van der Waals surface area contributed by atoms with Gasteiger partial charge in [-0.05, 0) is 31.6 Å². The lowest BCUT2D eigenvalue weighted by molar-refractivity contribution is 0.0198. The van der Waals surface area contributed by atoms with Gasteiger partial charge in [-0.25, -0.2) is 4.79 Å². The molecular formula is C13H26O3. The summed E-state index contributed by atoms with van der Waals surface area (Å²) in [5, 5.41) is 0. The number of carbonyl (C=O) groups is 1. The molecule has 16 heavy (non-hydrogen) atoms. The van der Waals surface area contributed by atoms with Crippen LogP contribution in [0.2, 0.25) is 0 Å². The highest BCUT2D eigenvalue weighted by atomic mass is 16.7. The summed E-state index contributed by atoms with van der Waals surface area (Å²) in [6.07, 6.45) is 5.19. The summed E-state index contributed by atoms with van der Waals surface area (Å²) in [4.78, 5) is 11.1. The van der Waals surface area contributed by atoms with Crippen molar-refractivity contribution < 1.29 is 14.3 Å². The normalized spacial score (nSPS) is 15.6. The van der Waals surface area contributed by atoms with Gasteiger partial charge in [-0.3, -0.25) is 0 Å². The van der Waals surface area contributed by atoms with Gasteiger partial charge >= 0.3 is 6.16 Å². The maximum absolute atomic E-state index is 11.1. The largest absolute Gasteiger partial charge is 0.508 e. The molecule has 0 N–H and O–H groups in total. The highest BCUT2D eigenvalue weighted by Gasteiger charge is 2.19. The molecule has 0 aromatic heterocycles.